The maximum atomic E-state index is 11.9. The van der Waals surface area contributed by atoms with E-state index in [4.69, 9.17) is 9.84 Å². The van der Waals surface area contributed by atoms with Gasteiger partial charge in [-0.1, -0.05) is 13.8 Å². The van der Waals surface area contributed by atoms with Gasteiger partial charge < -0.3 is 9.84 Å². The van der Waals surface area contributed by atoms with Crippen LogP contribution in [0.25, 0.3) is 0 Å². The van der Waals surface area contributed by atoms with Crippen LogP contribution in [0.4, 0.5) is 0 Å². The zero-order valence-corrected chi connectivity index (χ0v) is 11.2. The first-order chi connectivity index (χ1) is 7.44. The Bertz CT molecular complexity index is 264. The van der Waals surface area contributed by atoms with E-state index in [9.17, 15) is 8.42 Å². The molecule has 0 atom stereocenters. The highest BCUT2D eigenvalue weighted by Gasteiger charge is 2.21. The number of aliphatic hydroxyl groups excluding tert-OH is 1. The fourth-order valence-corrected chi connectivity index (χ4v) is 2.95. The highest BCUT2D eigenvalue weighted by atomic mass is 32.2. The van der Waals surface area contributed by atoms with Gasteiger partial charge in [0, 0.05) is 26.8 Å². The van der Waals surface area contributed by atoms with Crippen LogP contribution in [0.5, 0.6) is 0 Å². The number of aliphatic hydroxyl groups is 1. The molecule has 0 radical (unpaired) electrons. The molecule has 6 heteroatoms. The van der Waals surface area contributed by atoms with Gasteiger partial charge in [0.2, 0.25) is 10.0 Å². The van der Waals surface area contributed by atoms with Gasteiger partial charge in [0.05, 0.1) is 12.4 Å². The molecular weight excluding hydrogens is 230 g/mol. The summed E-state index contributed by atoms with van der Waals surface area (Å²) in [7, 11) is -1.71. The molecule has 0 saturated carbocycles. The Morgan fingerprint density at radius 1 is 1.38 bits per heavy atom. The molecule has 5 nitrogen and oxygen atoms in total. The molecule has 1 N–H and O–H groups in total. The van der Waals surface area contributed by atoms with Crippen LogP contribution in [0.1, 0.15) is 20.3 Å². The third kappa shape index (κ3) is 6.42. The molecule has 0 aromatic carbocycles. The van der Waals surface area contributed by atoms with Crippen molar-refractivity contribution in [3.63, 3.8) is 0 Å². The van der Waals surface area contributed by atoms with E-state index in [0.29, 0.717) is 19.7 Å². The number of rotatable bonds is 9. The average molecular weight is 253 g/mol. The minimum atomic E-state index is -3.26. The van der Waals surface area contributed by atoms with E-state index in [1.165, 1.54) is 4.31 Å². The number of sulfonamides is 1. The minimum absolute atomic E-state index is 0.0000652. The minimum Gasteiger partial charge on any atom is -0.396 e. The summed E-state index contributed by atoms with van der Waals surface area (Å²) in [5, 5.41) is 8.66. The summed E-state index contributed by atoms with van der Waals surface area (Å²) in [5.41, 5.74) is 0. The molecule has 0 saturated heterocycles. The summed E-state index contributed by atoms with van der Waals surface area (Å²) in [4.78, 5) is 0. The number of ether oxygens (including phenoxy) is 1. The van der Waals surface area contributed by atoms with Crippen LogP contribution in [-0.2, 0) is 14.8 Å². The molecule has 0 aliphatic rings. The van der Waals surface area contributed by atoms with Gasteiger partial charge >= 0.3 is 0 Å². The van der Waals surface area contributed by atoms with Gasteiger partial charge in [-0.15, -0.1) is 0 Å². The lowest BCUT2D eigenvalue weighted by molar-refractivity contribution is 0.175. The van der Waals surface area contributed by atoms with Crippen molar-refractivity contribution in [1.82, 2.24) is 4.31 Å². The maximum Gasteiger partial charge on any atom is 0.214 e. The van der Waals surface area contributed by atoms with Crippen LogP contribution in [0, 0.1) is 5.92 Å². The van der Waals surface area contributed by atoms with Gasteiger partial charge in [-0.3, -0.25) is 0 Å². The first-order valence-electron chi connectivity index (χ1n) is 5.51. The molecule has 16 heavy (non-hydrogen) atoms. The van der Waals surface area contributed by atoms with Crippen molar-refractivity contribution in [2.24, 2.45) is 5.92 Å². The lowest BCUT2D eigenvalue weighted by atomic mass is 10.2. The molecule has 0 unspecified atom stereocenters. The summed E-state index contributed by atoms with van der Waals surface area (Å²) in [6.45, 7) is 5.12. The Morgan fingerprint density at radius 3 is 2.44 bits per heavy atom. The van der Waals surface area contributed by atoms with Crippen molar-refractivity contribution in [3.8, 4) is 0 Å². The zero-order chi connectivity index (χ0) is 12.6. The second-order valence-electron chi connectivity index (χ2n) is 4.14. The van der Waals surface area contributed by atoms with Crippen LogP contribution in [0.2, 0.25) is 0 Å². The Hall–Kier alpha value is -0.170. The normalized spacial score (nSPS) is 12.6. The standard InChI is InChI=1S/C10H23NO4S/c1-10(2)9-11(5-7-15-3)16(13,14)8-4-6-12/h10,12H,4-9H2,1-3H3. The topological polar surface area (TPSA) is 66.8 Å². The highest BCUT2D eigenvalue weighted by Crippen LogP contribution is 2.07. The van der Waals surface area contributed by atoms with Gasteiger partial charge in [-0.25, -0.2) is 8.42 Å². The summed E-state index contributed by atoms with van der Waals surface area (Å²) in [5.74, 6) is 0.278. The number of methoxy groups -OCH3 is 1. The molecular formula is C10H23NO4S. The van der Waals surface area contributed by atoms with Gasteiger partial charge in [-0.05, 0) is 12.3 Å². The summed E-state index contributed by atoms with van der Waals surface area (Å²) < 4.78 is 30.1. The van der Waals surface area contributed by atoms with Crippen molar-refractivity contribution in [1.29, 1.82) is 0 Å². The largest absolute Gasteiger partial charge is 0.396 e. The fourth-order valence-electron chi connectivity index (χ4n) is 1.32. The Morgan fingerprint density at radius 2 is 2.00 bits per heavy atom. The number of nitrogens with zero attached hydrogens (tertiary/aromatic N) is 1. The molecule has 0 amide bonds. The third-order valence-corrected chi connectivity index (χ3v) is 3.99. The molecule has 0 fully saturated rings. The van der Waals surface area contributed by atoms with Gasteiger partial charge in [0.15, 0.2) is 0 Å². The van der Waals surface area contributed by atoms with E-state index < -0.39 is 10.0 Å². The molecule has 0 aromatic heterocycles. The van der Waals surface area contributed by atoms with Crippen molar-refractivity contribution in [3.05, 3.63) is 0 Å². The SMILES string of the molecule is COCCN(CC(C)C)S(=O)(=O)CCCO. The first kappa shape index (κ1) is 15.8. The Labute approximate surface area is 98.5 Å². The lowest BCUT2D eigenvalue weighted by Gasteiger charge is -2.23. The predicted octanol–water partition coefficient (Wildman–Crippen LogP) is 0.303. The number of hydrogen-bond acceptors (Lipinski definition) is 4. The molecule has 0 aliphatic carbocycles. The predicted molar refractivity (Wildman–Crippen MR) is 63.8 cm³/mol. The lowest BCUT2D eigenvalue weighted by Crippen LogP contribution is -2.38. The molecule has 0 rings (SSSR count). The van der Waals surface area contributed by atoms with E-state index in [0.717, 1.165) is 0 Å². The summed E-state index contributed by atoms with van der Waals surface area (Å²) >= 11 is 0. The van der Waals surface area contributed by atoms with Crippen molar-refractivity contribution in [2.45, 2.75) is 20.3 Å². The van der Waals surface area contributed by atoms with Gasteiger partial charge in [-0.2, -0.15) is 4.31 Å². The van der Waals surface area contributed by atoms with Crippen molar-refractivity contribution in [2.75, 3.05) is 39.2 Å². The molecule has 0 spiro atoms. The summed E-state index contributed by atoms with van der Waals surface area (Å²) in [6.07, 6.45) is 0.282. The highest BCUT2D eigenvalue weighted by molar-refractivity contribution is 7.89. The monoisotopic (exact) mass is 253 g/mol. The van der Waals surface area contributed by atoms with Crippen LogP contribution in [-0.4, -0.2) is 57.0 Å². The number of hydrogen-bond donors (Lipinski definition) is 1. The average Bonchev–Trinajstić information content (AvgIpc) is 2.20. The first-order valence-corrected chi connectivity index (χ1v) is 7.12. The fraction of sp³-hybridized carbons (Fsp3) is 1.00. The molecule has 0 heterocycles. The molecule has 0 aromatic rings. The van der Waals surface area contributed by atoms with E-state index in [2.05, 4.69) is 0 Å². The second kappa shape index (κ2) is 8.00. The van der Waals surface area contributed by atoms with E-state index in [1.54, 1.807) is 7.11 Å². The summed E-state index contributed by atoms with van der Waals surface area (Å²) in [6, 6.07) is 0. The third-order valence-electron chi connectivity index (χ3n) is 2.07. The van der Waals surface area contributed by atoms with Gasteiger partial charge in [0.25, 0.3) is 0 Å². The van der Waals surface area contributed by atoms with Gasteiger partial charge in [0.1, 0.15) is 0 Å². The Kier molecular flexibility index (Phi) is 7.91. The van der Waals surface area contributed by atoms with Crippen LogP contribution < -0.4 is 0 Å². The molecule has 0 aliphatic heterocycles. The molecule has 98 valence electrons. The quantitative estimate of drug-likeness (QED) is 0.642. The van der Waals surface area contributed by atoms with Crippen LogP contribution in [0.15, 0.2) is 0 Å². The van der Waals surface area contributed by atoms with E-state index in [1.807, 2.05) is 13.8 Å². The molecule has 0 bridgehead atoms. The van der Waals surface area contributed by atoms with Crippen molar-refractivity contribution < 1.29 is 18.3 Å². The maximum absolute atomic E-state index is 11.9. The smallest absolute Gasteiger partial charge is 0.214 e. The van der Waals surface area contributed by atoms with Crippen LogP contribution >= 0.6 is 0 Å². The van der Waals surface area contributed by atoms with E-state index >= 15 is 0 Å². The van der Waals surface area contributed by atoms with E-state index in [-0.39, 0.29) is 24.7 Å². The Balaban J connectivity index is 4.46. The van der Waals surface area contributed by atoms with Crippen LogP contribution in [0.3, 0.4) is 0 Å². The zero-order valence-electron chi connectivity index (χ0n) is 10.3. The second-order valence-corrected chi connectivity index (χ2v) is 6.23. The van der Waals surface area contributed by atoms with Crippen molar-refractivity contribution >= 4 is 10.0 Å².